The summed E-state index contributed by atoms with van der Waals surface area (Å²) in [5.74, 6) is 0.0145. The zero-order valence-corrected chi connectivity index (χ0v) is 7.85. The Morgan fingerprint density at radius 3 is 2.55 bits per heavy atom. The van der Waals surface area contributed by atoms with Crippen LogP contribution in [0.4, 0.5) is 0 Å². The van der Waals surface area contributed by atoms with Gasteiger partial charge in [0.1, 0.15) is 5.75 Å². The summed E-state index contributed by atoms with van der Waals surface area (Å²) in [5, 5.41) is 18.3. The summed E-state index contributed by atoms with van der Waals surface area (Å²) in [6, 6.07) is 3.10. The van der Waals surface area contributed by atoms with Gasteiger partial charge in [-0.25, -0.2) is 0 Å². The number of hydrogen-bond donors (Lipinski definition) is 2. The zero-order chi connectivity index (χ0) is 8.43. The summed E-state index contributed by atoms with van der Waals surface area (Å²) in [5.41, 5.74) is 0.348. The van der Waals surface area contributed by atoms with Crippen molar-refractivity contribution in [3.63, 3.8) is 0 Å². The van der Waals surface area contributed by atoms with Crippen LogP contribution in [0.25, 0.3) is 0 Å². The molecule has 1 aromatic carbocycles. The van der Waals surface area contributed by atoms with Gasteiger partial charge in [0.15, 0.2) is 0 Å². The Balaban J connectivity index is 3.29. The predicted molar refractivity (Wildman–Crippen MR) is 46.7 cm³/mol. The van der Waals surface area contributed by atoms with Gasteiger partial charge in [0.25, 0.3) is 0 Å². The van der Waals surface area contributed by atoms with Crippen LogP contribution in [0.15, 0.2) is 16.6 Å². The van der Waals surface area contributed by atoms with Crippen LogP contribution in [0.2, 0.25) is 5.02 Å². The van der Waals surface area contributed by atoms with Crippen LogP contribution >= 0.6 is 27.5 Å². The fraction of sp³-hybridized carbons (Fsp3) is 0.143. The van der Waals surface area contributed by atoms with Crippen LogP contribution in [0.5, 0.6) is 5.75 Å². The highest BCUT2D eigenvalue weighted by Crippen LogP contribution is 2.32. The third kappa shape index (κ3) is 1.67. The van der Waals surface area contributed by atoms with Gasteiger partial charge in [-0.15, -0.1) is 0 Å². The Kier molecular flexibility index (Phi) is 2.76. The van der Waals surface area contributed by atoms with E-state index in [1.165, 1.54) is 6.07 Å². The molecule has 0 fully saturated rings. The van der Waals surface area contributed by atoms with Crippen LogP contribution in [0, 0.1) is 0 Å². The minimum atomic E-state index is -0.260. The second-order valence-electron chi connectivity index (χ2n) is 2.02. The van der Waals surface area contributed by atoms with E-state index in [9.17, 15) is 0 Å². The molecule has 0 unspecified atom stereocenters. The molecular formula is C7H6BrClO2. The third-order valence-corrected chi connectivity index (χ3v) is 2.65. The van der Waals surface area contributed by atoms with Crippen molar-refractivity contribution in [3.05, 3.63) is 27.2 Å². The number of aliphatic hydroxyl groups is 1. The summed E-state index contributed by atoms with van der Waals surface area (Å²) in [6.45, 7) is -0.260. The fourth-order valence-corrected chi connectivity index (χ4v) is 1.32. The molecule has 0 spiro atoms. The van der Waals surface area contributed by atoms with E-state index in [1.807, 2.05) is 0 Å². The maximum atomic E-state index is 9.15. The number of aliphatic hydroxyl groups excluding tert-OH is 1. The van der Waals surface area contributed by atoms with Crippen molar-refractivity contribution in [3.8, 4) is 5.75 Å². The molecule has 0 saturated carbocycles. The van der Waals surface area contributed by atoms with Crippen LogP contribution in [0.3, 0.4) is 0 Å². The first-order chi connectivity index (χ1) is 5.16. The van der Waals surface area contributed by atoms with Gasteiger partial charge in [-0.3, -0.25) is 0 Å². The molecule has 0 aliphatic rings. The van der Waals surface area contributed by atoms with E-state index >= 15 is 0 Å². The number of halogens is 2. The summed E-state index contributed by atoms with van der Waals surface area (Å²) < 4.78 is 0.668. The molecule has 0 atom stereocenters. The van der Waals surface area contributed by atoms with E-state index in [0.29, 0.717) is 15.1 Å². The lowest BCUT2D eigenvalue weighted by atomic mass is 10.2. The van der Waals surface area contributed by atoms with Gasteiger partial charge in [0.05, 0.1) is 11.6 Å². The molecule has 0 aliphatic carbocycles. The van der Waals surface area contributed by atoms with Crippen LogP contribution in [-0.4, -0.2) is 10.2 Å². The highest BCUT2D eigenvalue weighted by atomic mass is 79.9. The monoisotopic (exact) mass is 236 g/mol. The summed E-state index contributed by atoms with van der Waals surface area (Å²) in [6.07, 6.45) is 0. The molecule has 0 aromatic heterocycles. The lowest BCUT2D eigenvalue weighted by Gasteiger charge is -2.04. The van der Waals surface area contributed by atoms with E-state index in [1.54, 1.807) is 6.07 Å². The molecule has 1 rings (SSSR count). The number of phenols is 1. The third-order valence-electron chi connectivity index (χ3n) is 1.33. The van der Waals surface area contributed by atoms with Crippen molar-refractivity contribution in [2.75, 3.05) is 0 Å². The molecule has 11 heavy (non-hydrogen) atoms. The lowest BCUT2D eigenvalue weighted by molar-refractivity contribution is 0.275. The Bertz CT molecular complexity index is 275. The van der Waals surface area contributed by atoms with Crippen LogP contribution in [0.1, 0.15) is 5.56 Å². The van der Waals surface area contributed by atoms with Gasteiger partial charge >= 0.3 is 0 Å². The molecule has 0 radical (unpaired) electrons. The van der Waals surface area contributed by atoms with Crippen molar-refractivity contribution in [2.24, 2.45) is 0 Å². The SMILES string of the molecule is OCc1c(O)ccc(Br)c1Cl. The Morgan fingerprint density at radius 1 is 1.45 bits per heavy atom. The molecule has 2 nitrogen and oxygen atoms in total. The Hall–Kier alpha value is -0.250. The predicted octanol–water partition coefficient (Wildman–Crippen LogP) is 2.30. The van der Waals surface area contributed by atoms with Gasteiger partial charge in [0, 0.05) is 10.0 Å². The minimum Gasteiger partial charge on any atom is -0.508 e. The molecular weight excluding hydrogens is 231 g/mol. The first kappa shape index (κ1) is 8.84. The van der Waals surface area contributed by atoms with E-state index in [4.69, 9.17) is 21.8 Å². The van der Waals surface area contributed by atoms with Gasteiger partial charge in [0.2, 0.25) is 0 Å². The first-order valence-electron chi connectivity index (χ1n) is 2.93. The Labute approximate surface area is 77.6 Å². The van der Waals surface area contributed by atoms with E-state index in [-0.39, 0.29) is 12.4 Å². The van der Waals surface area contributed by atoms with E-state index < -0.39 is 0 Å². The second kappa shape index (κ2) is 3.43. The summed E-state index contributed by atoms with van der Waals surface area (Å²) in [7, 11) is 0. The highest BCUT2D eigenvalue weighted by molar-refractivity contribution is 9.10. The zero-order valence-electron chi connectivity index (χ0n) is 5.51. The number of rotatable bonds is 1. The number of aromatic hydroxyl groups is 1. The summed E-state index contributed by atoms with van der Waals surface area (Å²) in [4.78, 5) is 0. The van der Waals surface area contributed by atoms with Crippen molar-refractivity contribution < 1.29 is 10.2 Å². The maximum absolute atomic E-state index is 9.15. The fourth-order valence-electron chi connectivity index (χ4n) is 0.733. The summed E-state index contributed by atoms with van der Waals surface area (Å²) >= 11 is 8.90. The van der Waals surface area contributed by atoms with Crippen LogP contribution < -0.4 is 0 Å². The molecule has 1 aromatic rings. The molecule has 0 heterocycles. The second-order valence-corrected chi connectivity index (χ2v) is 3.25. The van der Waals surface area contributed by atoms with Gasteiger partial charge < -0.3 is 10.2 Å². The average Bonchev–Trinajstić information content (AvgIpc) is 1.99. The molecule has 60 valence electrons. The molecule has 0 aliphatic heterocycles. The van der Waals surface area contributed by atoms with Gasteiger partial charge in [-0.1, -0.05) is 11.6 Å². The largest absolute Gasteiger partial charge is 0.508 e. The quantitative estimate of drug-likeness (QED) is 0.787. The van der Waals surface area contributed by atoms with Crippen molar-refractivity contribution in [1.29, 1.82) is 0 Å². The van der Waals surface area contributed by atoms with Crippen molar-refractivity contribution in [1.82, 2.24) is 0 Å². The number of benzene rings is 1. The molecule has 2 N–H and O–H groups in total. The molecule has 0 amide bonds. The standard InChI is InChI=1S/C7H6BrClO2/c8-5-1-2-6(11)4(3-10)7(5)9/h1-2,10-11H,3H2. The van der Waals surface area contributed by atoms with Crippen molar-refractivity contribution in [2.45, 2.75) is 6.61 Å². The highest BCUT2D eigenvalue weighted by Gasteiger charge is 2.07. The molecule has 4 heteroatoms. The number of hydrogen-bond acceptors (Lipinski definition) is 2. The van der Waals surface area contributed by atoms with Crippen LogP contribution in [-0.2, 0) is 6.61 Å². The minimum absolute atomic E-state index is 0.0145. The van der Waals surface area contributed by atoms with Gasteiger partial charge in [-0.05, 0) is 28.1 Å². The smallest absolute Gasteiger partial charge is 0.122 e. The Morgan fingerprint density at radius 2 is 2.09 bits per heavy atom. The van der Waals surface area contributed by atoms with E-state index in [0.717, 1.165) is 0 Å². The normalized spacial score (nSPS) is 10.1. The molecule has 0 bridgehead atoms. The first-order valence-corrected chi connectivity index (χ1v) is 4.10. The van der Waals surface area contributed by atoms with Crippen molar-refractivity contribution >= 4 is 27.5 Å². The van der Waals surface area contributed by atoms with Gasteiger partial charge in [-0.2, -0.15) is 0 Å². The topological polar surface area (TPSA) is 40.5 Å². The maximum Gasteiger partial charge on any atom is 0.122 e. The molecule has 0 saturated heterocycles. The van der Waals surface area contributed by atoms with E-state index in [2.05, 4.69) is 15.9 Å². The lowest BCUT2D eigenvalue weighted by Crippen LogP contribution is -1.86. The average molecular weight is 237 g/mol.